The minimum absolute atomic E-state index is 0.0926. The monoisotopic (exact) mass is 418 g/mol. The molecule has 154 valence electrons. The van der Waals surface area contributed by atoms with Gasteiger partial charge in [0.1, 0.15) is 5.75 Å². The van der Waals surface area contributed by atoms with Crippen LogP contribution in [-0.4, -0.2) is 51.1 Å². The lowest BCUT2D eigenvalue weighted by Crippen LogP contribution is -2.00. The molecule has 0 aliphatic carbocycles. The number of ether oxygens (including phenoxy) is 4. The molecule has 0 aliphatic rings. The van der Waals surface area contributed by atoms with Crippen molar-refractivity contribution in [2.75, 3.05) is 34.2 Å². The van der Waals surface area contributed by atoms with Gasteiger partial charge in [-0.3, -0.25) is 9.59 Å². The number of carboxylic acid groups (broad SMARTS) is 1. The summed E-state index contributed by atoms with van der Waals surface area (Å²) in [5.74, 6) is 0.643. The molecule has 0 bridgehead atoms. The first-order chi connectivity index (χ1) is 13.9. The second-order valence-corrected chi connectivity index (χ2v) is 6.72. The Morgan fingerprint density at radius 1 is 0.931 bits per heavy atom. The van der Waals surface area contributed by atoms with Gasteiger partial charge in [0.05, 0.1) is 34.2 Å². The second-order valence-electron chi connectivity index (χ2n) is 5.70. The first-order valence-electron chi connectivity index (χ1n) is 8.48. The van der Waals surface area contributed by atoms with Crippen molar-refractivity contribution >= 4 is 29.6 Å². The highest BCUT2D eigenvalue weighted by molar-refractivity contribution is 8.00. The van der Waals surface area contributed by atoms with Gasteiger partial charge in [0.15, 0.2) is 17.3 Å². The molecule has 0 atom stereocenters. The highest BCUT2D eigenvalue weighted by Gasteiger charge is 2.13. The van der Waals surface area contributed by atoms with Crippen LogP contribution in [0.5, 0.6) is 23.0 Å². The Balaban J connectivity index is 2.25. The number of aliphatic carboxylic acids is 1. The van der Waals surface area contributed by atoms with Crippen molar-refractivity contribution in [1.82, 2.24) is 0 Å². The third-order valence-electron chi connectivity index (χ3n) is 3.91. The summed E-state index contributed by atoms with van der Waals surface area (Å²) in [6.45, 7) is 0. The third kappa shape index (κ3) is 5.68. The fourth-order valence-corrected chi connectivity index (χ4v) is 3.27. The highest BCUT2D eigenvalue weighted by atomic mass is 32.2. The van der Waals surface area contributed by atoms with Gasteiger partial charge in [-0.1, -0.05) is 6.08 Å². The SMILES string of the molecule is COc1cc(C(=O)/C=C/c2cc(OC)c(OC)c(OC)c2)ccc1SCC(=O)O. The summed E-state index contributed by atoms with van der Waals surface area (Å²) >= 11 is 1.13. The number of methoxy groups -OCH3 is 4. The Hall–Kier alpha value is -3.13. The molecule has 8 heteroatoms. The van der Waals surface area contributed by atoms with Gasteiger partial charge in [-0.15, -0.1) is 11.8 Å². The molecule has 0 radical (unpaired) electrons. The molecule has 0 heterocycles. The Bertz CT molecular complexity index is 896. The Morgan fingerprint density at radius 3 is 2.07 bits per heavy atom. The van der Waals surface area contributed by atoms with Gasteiger partial charge < -0.3 is 24.1 Å². The summed E-state index contributed by atoms with van der Waals surface area (Å²) < 4.78 is 21.2. The molecule has 2 aromatic rings. The zero-order chi connectivity index (χ0) is 21.4. The van der Waals surface area contributed by atoms with Crippen molar-refractivity contribution in [1.29, 1.82) is 0 Å². The maximum absolute atomic E-state index is 12.6. The summed E-state index contributed by atoms with van der Waals surface area (Å²) in [6.07, 6.45) is 3.08. The maximum atomic E-state index is 12.6. The number of carbonyl (C=O) groups is 2. The number of thioether (sulfide) groups is 1. The second kappa shape index (κ2) is 10.4. The molecule has 1 N–H and O–H groups in total. The quantitative estimate of drug-likeness (QED) is 0.354. The molecule has 2 rings (SSSR count). The van der Waals surface area contributed by atoms with E-state index in [9.17, 15) is 9.59 Å². The summed E-state index contributed by atoms with van der Waals surface area (Å²) in [5.41, 5.74) is 1.12. The maximum Gasteiger partial charge on any atom is 0.313 e. The number of hydrogen-bond acceptors (Lipinski definition) is 7. The Labute approximate surface area is 173 Å². The molecule has 0 aromatic heterocycles. The van der Waals surface area contributed by atoms with Crippen LogP contribution < -0.4 is 18.9 Å². The standard InChI is InChI=1S/C21H22O7S/c1-25-16-11-14(6-8-19(16)29-12-20(23)24)15(22)7-5-13-9-17(26-2)21(28-4)18(10-13)27-3/h5-11H,12H2,1-4H3,(H,23,24)/b7-5+. The first kappa shape index (κ1) is 22.2. The van der Waals surface area contributed by atoms with Gasteiger partial charge >= 0.3 is 5.97 Å². The van der Waals surface area contributed by atoms with E-state index in [4.69, 9.17) is 24.1 Å². The third-order valence-corrected chi connectivity index (χ3v) is 4.95. The predicted molar refractivity (Wildman–Crippen MR) is 111 cm³/mol. The van der Waals surface area contributed by atoms with Gasteiger partial charge in [-0.25, -0.2) is 0 Å². The van der Waals surface area contributed by atoms with Crippen LogP contribution in [0.3, 0.4) is 0 Å². The van der Waals surface area contributed by atoms with Crippen LogP contribution in [0.15, 0.2) is 41.3 Å². The van der Waals surface area contributed by atoms with Crippen molar-refractivity contribution in [2.24, 2.45) is 0 Å². The Morgan fingerprint density at radius 2 is 1.55 bits per heavy atom. The lowest BCUT2D eigenvalue weighted by atomic mass is 10.1. The molecule has 0 fully saturated rings. The summed E-state index contributed by atoms with van der Waals surface area (Å²) in [5, 5.41) is 8.82. The smallest absolute Gasteiger partial charge is 0.313 e. The van der Waals surface area contributed by atoms with Gasteiger partial charge in [-0.05, 0) is 42.0 Å². The van der Waals surface area contributed by atoms with Gasteiger partial charge in [0, 0.05) is 10.5 Å². The molecule has 0 saturated carbocycles. The van der Waals surface area contributed by atoms with Crippen LogP contribution >= 0.6 is 11.8 Å². The van der Waals surface area contributed by atoms with Crippen molar-refractivity contribution in [3.63, 3.8) is 0 Å². The van der Waals surface area contributed by atoms with Crippen LogP contribution in [0.1, 0.15) is 15.9 Å². The fourth-order valence-electron chi connectivity index (χ4n) is 2.55. The van der Waals surface area contributed by atoms with Gasteiger partial charge in [0.25, 0.3) is 0 Å². The molecule has 29 heavy (non-hydrogen) atoms. The van der Waals surface area contributed by atoms with Crippen LogP contribution in [0.25, 0.3) is 6.08 Å². The minimum Gasteiger partial charge on any atom is -0.496 e. The van der Waals surface area contributed by atoms with Crippen LogP contribution in [0.4, 0.5) is 0 Å². The average molecular weight is 418 g/mol. The van der Waals surface area contributed by atoms with E-state index in [1.807, 2.05) is 0 Å². The largest absolute Gasteiger partial charge is 0.496 e. The zero-order valence-electron chi connectivity index (χ0n) is 16.6. The number of rotatable bonds is 10. The molecule has 0 amide bonds. The number of benzene rings is 2. The van der Waals surface area contributed by atoms with E-state index >= 15 is 0 Å². The molecule has 0 saturated heterocycles. The molecule has 7 nitrogen and oxygen atoms in total. The number of carboxylic acids is 1. The molecule has 0 unspecified atom stereocenters. The van der Waals surface area contributed by atoms with E-state index in [2.05, 4.69) is 0 Å². The summed E-state index contributed by atoms with van der Waals surface area (Å²) in [4.78, 5) is 24.0. The van der Waals surface area contributed by atoms with Crippen LogP contribution in [0, 0.1) is 0 Å². The average Bonchev–Trinajstić information content (AvgIpc) is 2.74. The summed E-state index contributed by atoms with van der Waals surface area (Å²) in [7, 11) is 6.03. The molecule has 0 aliphatic heterocycles. The number of allylic oxidation sites excluding steroid dienone is 1. The van der Waals surface area contributed by atoms with Crippen molar-refractivity contribution < 1.29 is 33.6 Å². The molecule has 2 aromatic carbocycles. The highest BCUT2D eigenvalue weighted by Crippen LogP contribution is 2.38. The van der Waals surface area contributed by atoms with E-state index in [0.29, 0.717) is 39.0 Å². The molecule has 0 spiro atoms. The van der Waals surface area contributed by atoms with E-state index in [0.717, 1.165) is 11.8 Å². The lowest BCUT2D eigenvalue weighted by Gasteiger charge is -2.12. The fraction of sp³-hybridized carbons (Fsp3) is 0.238. The molecular weight excluding hydrogens is 396 g/mol. The first-order valence-corrected chi connectivity index (χ1v) is 9.47. The van der Waals surface area contributed by atoms with E-state index < -0.39 is 5.97 Å². The minimum atomic E-state index is -0.925. The Kier molecular flexibility index (Phi) is 7.97. The van der Waals surface area contributed by atoms with E-state index in [1.165, 1.54) is 34.5 Å². The van der Waals surface area contributed by atoms with Crippen LogP contribution in [0.2, 0.25) is 0 Å². The lowest BCUT2D eigenvalue weighted by molar-refractivity contribution is -0.133. The summed E-state index contributed by atoms with van der Waals surface area (Å²) in [6, 6.07) is 8.36. The van der Waals surface area contributed by atoms with Gasteiger partial charge in [-0.2, -0.15) is 0 Å². The number of hydrogen-bond donors (Lipinski definition) is 1. The topological polar surface area (TPSA) is 91.3 Å². The van der Waals surface area contributed by atoms with E-state index in [-0.39, 0.29) is 11.5 Å². The number of ketones is 1. The zero-order valence-corrected chi connectivity index (χ0v) is 17.4. The predicted octanol–water partition coefficient (Wildman–Crippen LogP) is 3.79. The van der Waals surface area contributed by atoms with E-state index in [1.54, 1.807) is 36.4 Å². The van der Waals surface area contributed by atoms with Crippen molar-refractivity contribution in [3.05, 3.63) is 47.5 Å². The van der Waals surface area contributed by atoms with Crippen molar-refractivity contribution in [2.45, 2.75) is 4.90 Å². The number of carbonyl (C=O) groups excluding carboxylic acids is 1. The molecular formula is C21H22O7S. The van der Waals surface area contributed by atoms with Gasteiger partial charge in [0.2, 0.25) is 5.75 Å². The normalized spacial score (nSPS) is 10.6. The van der Waals surface area contributed by atoms with Crippen molar-refractivity contribution in [3.8, 4) is 23.0 Å². The van der Waals surface area contributed by atoms with Crippen LogP contribution in [-0.2, 0) is 4.79 Å².